The van der Waals surface area contributed by atoms with Gasteiger partial charge >= 0.3 is 0 Å². The van der Waals surface area contributed by atoms with E-state index < -0.39 is 21.9 Å². The molecule has 1 atom stereocenters. The third-order valence-corrected chi connectivity index (χ3v) is 2.34. The molecule has 1 unspecified atom stereocenters. The lowest BCUT2D eigenvalue weighted by Gasteiger charge is -2.22. The zero-order valence-electron chi connectivity index (χ0n) is 8.60. The van der Waals surface area contributed by atoms with Crippen LogP contribution in [-0.4, -0.2) is 44.0 Å². The second kappa shape index (κ2) is 4.91. The Morgan fingerprint density at radius 2 is 2.29 bits per heavy atom. The molecule has 0 spiro atoms. The minimum absolute atomic E-state index is 0.00438. The van der Waals surface area contributed by atoms with Gasteiger partial charge in [-0.2, -0.15) is 8.42 Å². The largest absolute Gasteiger partial charge is 0.382 e. The normalized spacial score (nSPS) is 24.2. The van der Waals surface area contributed by atoms with Gasteiger partial charge in [-0.25, -0.2) is 9.86 Å². The third kappa shape index (κ3) is 3.88. The molecule has 0 bridgehead atoms. The SMILES string of the molecule is N=C(N)C1=NONC1(O)NCCNS(N)(=O)=O. The van der Waals surface area contributed by atoms with Gasteiger partial charge in [-0.1, -0.05) is 10.6 Å². The van der Waals surface area contributed by atoms with E-state index in [4.69, 9.17) is 16.3 Å². The lowest BCUT2D eigenvalue weighted by Crippen LogP contribution is -2.62. The number of oxime groups is 1. The number of nitrogens with zero attached hydrogens (tertiary/aromatic N) is 1. The number of hydroxylamine groups is 1. The molecule has 17 heavy (non-hydrogen) atoms. The summed E-state index contributed by atoms with van der Waals surface area (Å²) >= 11 is 0. The van der Waals surface area contributed by atoms with Crippen molar-refractivity contribution in [3.63, 3.8) is 0 Å². The van der Waals surface area contributed by atoms with E-state index in [2.05, 4.69) is 20.9 Å². The molecule has 0 aromatic rings. The monoisotopic (exact) mass is 267 g/mol. The first kappa shape index (κ1) is 13.8. The van der Waals surface area contributed by atoms with Crippen LogP contribution in [0.3, 0.4) is 0 Å². The average Bonchev–Trinajstić information content (AvgIpc) is 2.54. The zero-order chi connectivity index (χ0) is 13.1. The Hall–Kier alpha value is -1.31. The van der Waals surface area contributed by atoms with Crippen molar-refractivity contribution in [3.8, 4) is 0 Å². The van der Waals surface area contributed by atoms with Gasteiger partial charge < -0.3 is 10.8 Å². The fourth-order valence-electron chi connectivity index (χ4n) is 1.05. The second-order valence-corrected chi connectivity index (χ2v) is 4.50. The summed E-state index contributed by atoms with van der Waals surface area (Å²) in [5.74, 6) is -2.43. The summed E-state index contributed by atoms with van der Waals surface area (Å²) in [7, 11) is -3.79. The molecule has 0 saturated heterocycles. The number of nitrogens with one attached hydrogen (secondary N) is 4. The molecular formula is C5H13N7O4S. The number of hydrogen-bond acceptors (Lipinski definition) is 8. The van der Waals surface area contributed by atoms with Gasteiger partial charge in [0.15, 0.2) is 5.71 Å². The maximum atomic E-state index is 10.5. The van der Waals surface area contributed by atoms with E-state index in [0.717, 1.165) is 0 Å². The Balaban J connectivity index is 2.46. The Labute approximate surface area is 96.8 Å². The minimum Gasteiger partial charge on any atom is -0.382 e. The third-order valence-electron chi connectivity index (χ3n) is 1.74. The van der Waals surface area contributed by atoms with E-state index in [1.807, 2.05) is 4.72 Å². The molecular weight excluding hydrogens is 254 g/mol. The molecule has 1 heterocycles. The van der Waals surface area contributed by atoms with Crippen molar-refractivity contribution >= 4 is 21.8 Å². The lowest BCUT2D eigenvalue weighted by atomic mass is 10.2. The predicted octanol–water partition coefficient (Wildman–Crippen LogP) is -4.16. The first-order chi connectivity index (χ1) is 7.75. The van der Waals surface area contributed by atoms with E-state index in [9.17, 15) is 13.5 Å². The van der Waals surface area contributed by atoms with Crippen molar-refractivity contribution in [2.75, 3.05) is 13.1 Å². The summed E-state index contributed by atoms with van der Waals surface area (Å²) in [6.45, 7) is -0.0798. The highest BCUT2D eigenvalue weighted by Crippen LogP contribution is 2.06. The first-order valence-corrected chi connectivity index (χ1v) is 5.90. The number of hydrogen-bond donors (Lipinski definition) is 7. The van der Waals surface area contributed by atoms with Crippen LogP contribution in [0.5, 0.6) is 0 Å². The van der Waals surface area contributed by atoms with Crippen LogP contribution in [0.2, 0.25) is 0 Å². The molecule has 0 radical (unpaired) electrons. The van der Waals surface area contributed by atoms with E-state index >= 15 is 0 Å². The van der Waals surface area contributed by atoms with Gasteiger partial charge in [0.2, 0.25) is 0 Å². The zero-order valence-corrected chi connectivity index (χ0v) is 9.41. The highest BCUT2D eigenvalue weighted by molar-refractivity contribution is 7.87. The van der Waals surface area contributed by atoms with E-state index in [1.54, 1.807) is 0 Å². The quantitative estimate of drug-likeness (QED) is 0.110. The highest BCUT2D eigenvalue weighted by atomic mass is 32.2. The molecule has 9 N–H and O–H groups in total. The van der Waals surface area contributed by atoms with Gasteiger partial charge in [0.25, 0.3) is 16.1 Å². The van der Waals surface area contributed by atoms with Crippen LogP contribution in [0.15, 0.2) is 5.16 Å². The highest BCUT2D eigenvalue weighted by Gasteiger charge is 2.41. The molecule has 12 heteroatoms. The number of rotatable bonds is 6. The van der Waals surface area contributed by atoms with Crippen molar-refractivity contribution in [1.29, 1.82) is 5.41 Å². The summed E-state index contributed by atoms with van der Waals surface area (Å²) in [6, 6.07) is 0. The summed E-state index contributed by atoms with van der Waals surface area (Å²) < 4.78 is 23.1. The molecule has 0 amide bonds. The van der Waals surface area contributed by atoms with Crippen LogP contribution in [0.25, 0.3) is 0 Å². The molecule has 11 nitrogen and oxygen atoms in total. The van der Waals surface area contributed by atoms with Crippen molar-refractivity contribution in [2.24, 2.45) is 16.0 Å². The van der Waals surface area contributed by atoms with Crippen LogP contribution in [-0.2, 0) is 15.1 Å². The molecule has 1 aliphatic rings. The molecule has 0 aromatic heterocycles. The van der Waals surface area contributed by atoms with Crippen molar-refractivity contribution in [3.05, 3.63) is 0 Å². The molecule has 1 rings (SSSR count). The van der Waals surface area contributed by atoms with Crippen molar-refractivity contribution < 1.29 is 18.5 Å². The summed E-state index contributed by atoms with van der Waals surface area (Å²) in [5.41, 5.74) is 6.96. The van der Waals surface area contributed by atoms with E-state index in [0.29, 0.717) is 0 Å². The van der Waals surface area contributed by atoms with Gasteiger partial charge in [-0.3, -0.25) is 15.7 Å². The molecule has 0 aliphatic carbocycles. The summed E-state index contributed by atoms with van der Waals surface area (Å²) in [6.07, 6.45) is 0. The molecule has 1 aliphatic heterocycles. The van der Waals surface area contributed by atoms with Crippen molar-refractivity contribution in [1.82, 2.24) is 15.5 Å². The number of nitrogens with two attached hydrogens (primary N) is 2. The van der Waals surface area contributed by atoms with Gasteiger partial charge in [-0.15, -0.1) is 0 Å². The van der Waals surface area contributed by atoms with Gasteiger partial charge in [-0.05, 0) is 0 Å². The standard InChI is InChI=1S/C5H13N7O4S/c6-4(7)3-5(13,12-16-11-3)9-1-2-10-17(8,14)15/h9-10,12-13H,1-2H2,(H3,6,7)(H2,8,14,15). The van der Waals surface area contributed by atoms with Crippen LogP contribution < -0.4 is 26.4 Å². The first-order valence-electron chi connectivity index (χ1n) is 4.35. The topological polar surface area (TPSA) is 188 Å². The summed E-state index contributed by atoms with van der Waals surface area (Å²) in [4.78, 5) is 4.37. The Kier molecular flexibility index (Phi) is 3.97. The smallest absolute Gasteiger partial charge is 0.274 e. The molecule has 0 fully saturated rings. The maximum absolute atomic E-state index is 10.5. The van der Waals surface area contributed by atoms with Crippen LogP contribution in [0.1, 0.15) is 0 Å². The molecule has 0 aromatic carbocycles. The predicted molar refractivity (Wildman–Crippen MR) is 57.6 cm³/mol. The van der Waals surface area contributed by atoms with Gasteiger partial charge in [0.05, 0.1) is 0 Å². The fourth-order valence-corrected chi connectivity index (χ4v) is 1.44. The Morgan fingerprint density at radius 1 is 1.65 bits per heavy atom. The van der Waals surface area contributed by atoms with Crippen molar-refractivity contribution in [2.45, 2.75) is 5.85 Å². The van der Waals surface area contributed by atoms with Crippen LogP contribution >= 0.6 is 0 Å². The Morgan fingerprint density at radius 3 is 2.82 bits per heavy atom. The van der Waals surface area contributed by atoms with Crippen LogP contribution in [0.4, 0.5) is 0 Å². The van der Waals surface area contributed by atoms with E-state index in [1.165, 1.54) is 0 Å². The summed E-state index contributed by atoms with van der Waals surface area (Å²) in [5, 5.41) is 27.4. The van der Waals surface area contributed by atoms with E-state index in [-0.39, 0.29) is 18.8 Å². The average molecular weight is 267 g/mol. The number of aliphatic hydroxyl groups is 1. The fraction of sp³-hybridized carbons (Fsp3) is 0.600. The molecule has 98 valence electrons. The molecule has 0 saturated carbocycles. The maximum Gasteiger partial charge on any atom is 0.274 e. The van der Waals surface area contributed by atoms with Gasteiger partial charge in [0, 0.05) is 13.1 Å². The Bertz CT molecular complexity index is 434. The van der Waals surface area contributed by atoms with Gasteiger partial charge in [0.1, 0.15) is 5.84 Å². The van der Waals surface area contributed by atoms with Crippen LogP contribution in [0, 0.1) is 5.41 Å². The second-order valence-electron chi connectivity index (χ2n) is 3.12. The lowest BCUT2D eigenvalue weighted by molar-refractivity contribution is -0.0753. The minimum atomic E-state index is -3.79. The number of amidine groups is 1.